The Hall–Kier alpha value is -3.76. The summed E-state index contributed by atoms with van der Waals surface area (Å²) in [6.07, 6.45) is 3.61. The molecule has 6 rings (SSSR count). The SMILES string of the molecule is O=C(O)C1(Nc2cccc(Cl)c2)CCC2(CC1)c1ccccc1CC2c1ccc(Oc2ccccc2)cc1. The molecule has 0 saturated heterocycles. The highest BCUT2D eigenvalue weighted by Gasteiger charge is 2.54. The molecule has 1 unspecified atom stereocenters. The van der Waals surface area contributed by atoms with E-state index in [1.165, 1.54) is 16.7 Å². The molecule has 2 aliphatic carbocycles. The van der Waals surface area contributed by atoms with E-state index in [1.54, 1.807) is 12.1 Å². The molecule has 0 aliphatic heterocycles. The molecule has 38 heavy (non-hydrogen) atoms. The third-order valence-electron chi connectivity index (χ3n) is 8.52. The molecule has 0 amide bonds. The van der Waals surface area contributed by atoms with E-state index < -0.39 is 11.5 Å². The van der Waals surface area contributed by atoms with Gasteiger partial charge in [0.2, 0.25) is 0 Å². The van der Waals surface area contributed by atoms with Gasteiger partial charge in [-0.25, -0.2) is 4.79 Å². The maximum atomic E-state index is 12.6. The maximum Gasteiger partial charge on any atom is 0.329 e. The number of nitrogens with one attached hydrogen (secondary N) is 1. The van der Waals surface area contributed by atoms with Gasteiger partial charge in [0.1, 0.15) is 17.0 Å². The van der Waals surface area contributed by atoms with E-state index >= 15 is 0 Å². The summed E-state index contributed by atoms with van der Waals surface area (Å²) in [5, 5.41) is 14.3. The van der Waals surface area contributed by atoms with Gasteiger partial charge in [0.25, 0.3) is 0 Å². The second-order valence-electron chi connectivity index (χ2n) is 10.6. The number of fused-ring (bicyclic) bond motifs is 2. The van der Waals surface area contributed by atoms with Crippen molar-refractivity contribution < 1.29 is 14.6 Å². The van der Waals surface area contributed by atoms with E-state index in [0.29, 0.717) is 17.9 Å². The molecule has 4 aromatic carbocycles. The van der Waals surface area contributed by atoms with Gasteiger partial charge in [-0.3, -0.25) is 0 Å². The van der Waals surface area contributed by atoms with Crippen molar-refractivity contribution in [2.45, 2.75) is 49.0 Å². The van der Waals surface area contributed by atoms with Crippen LogP contribution in [0.1, 0.15) is 48.3 Å². The van der Waals surface area contributed by atoms with Gasteiger partial charge >= 0.3 is 5.97 Å². The molecule has 5 heteroatoms. The zero-order valence-electron chi connectivity index (χ0n) is 21.1. The van der Waals surface area contributed by atoms with E-state index in [0.717, 1.165) is 36.4 Å². The van der Waals surface area contributed by atoms with Crippen LogP contribution in [0.4, 0.5) is 5.69 Å². The maximum absolute atomic E-state index is 12.6. The van der Waals surface area contributed by atoms with Crippen molar-refractivity contribution in [3.63, 3.8) is 0 Å². The molecular formula is C33H30ClNO3. The highest BCUT2D eigenvalue weighted by molar-refractivity contribution is 6.30. The van der Waals surface area contributed by atoms with E-state index in [4.69, 9.17) is 16.3 Å². The highest BCUT2D eigenvalue weighted by atomic mass is 35.5. The van der Waals surface area contributed by atoms with Crippen molar-refractivity contribution in [1.82, 2.24) is 0 Å². The Balaban J connectivity index is 1.29. The minimum absolute atomic E-state index is 0.104. The zero-order chi connectivity index (χ0) is 26.2. The van der Waals surface area contributed by atoms with Crippen molar-refractivity contribution in [2.75, 3.05) is 5.32 Å². The second kappa shape index (κ2) is 9.85. The molecule has 0 aromatic heterocycles. The van der Waals surface area contributed by atoms with Crippen molar-refractivity contribution in [3.05, 3.63) is 125 Å². The Labute approximate surface area is 228 Å². The van der Waals surface area contributed by atoms with E-state index in [1.807, 2.05) is 54.6 Å². The molecule has 192 valence electrons. The summed E-state index contributed by atoms with van der Waals surface area (Å²) in [5.41, 5.74) is 3.63. The number of para-hydroxylation sites is 1. The molecule has 2 aliphatic rings. The van der Waals surface area contributed by atoms with Gasteiger partial charge in [0, 0.05) is 16.1 Å². The Bertz CT molecular complexity index is 1440. The molecule has 0 bridgehead atoms. The number of benzene rings is 4. The van der Waals surface area contributed by atoms with E-state index in [2.05, 4.69) is 41.7 Å². The van der Waals surface area contributed by atoms with Crippen LogP contribution in [0.25, 0.3) is 0 Å². The highest BCUT2D eigenvalue weighted by Crippen LogP contribution is 2.58. The molecule has 4 aromatic rings. The number of carbonyl (C=O) groups is 1. The molecule has 1 saturated carbocycles. The van der Waals surface area contributed by atoms with Crippen molar-refractivity contribution in [2.24, 2.45) is 0 Å². The summed E-state index contributed by atoms with van der Waals surface area (Å²) < 4.78 is 6.03. The molecule has 0 radical (unpaired) electrons. The smallest absolute Gasteiger partial charge is 0.329 e. The standard InChI is InChI=1S/C33H30ClNO3/c34-25-8-6-9-26(22-25)35-33(31(36)37)19-17-32(18-20-33)29-12-5-4-7-24(29)21-30(32)23-13-15-28(16-14-23)38-27-10-2-1-3-11-27/h1-16,22,30,35H,17-21H2,(H,36,37). The van der Waals surface area contributed by atoms with Gasteiger partial charge in [-0.1, -0.05) is 72.3 Å². The summed E-state index contributed by atoms with van der Waals surface area (Å²) in [7, 11) is 0. The number of hydrogen-bond donors (Lipinski definition) is 2. The second-order valence-corrected chi connectivity index (χ2v) is 11.0. The van der Waals surface area contributed by atoms with Crippen LogP contribution < -0.4 is 10.1 Å². The first-order valence-electron chi connectivity index (χ1n) is 13.2. The molecule has 1 atom stereocenters. The first kappa shape index (κ1) is 24.6. The Kier molecular flexibility index (Phi) is 6.37. The minimum Gasteiger partial charge on any atom is -0.480 e. The van der Waals surface area contributed by atoms with Gasteiger partial charge in [0.15, 0.2) is 0 Å². The number of halogens is 1. The first-order chi connectivity index (χ1) is 18.5. The number of ether oxygens (including phenoxy) is 1. The lowest BCUT2D eigenvalue weighted by Crippen LogP contribution is -2.52. The van der Waals surface area contributed by atoms with Gasteiger partial charge in [0.05, 0.1) is 0 Å². The van der Waals surface area contributed by atoms with E-state index in [9.17, 15) is 9.90 Å². The number of carboxylic acid groups (broad SMARTS) is 1. The van der Waals surface area contributed by atoms with Crippen LogP contribution in [0.5, 0.6) is 11.5 Å². The van der Waals surface area contributed by atoms with Crippen LogP contribution in [0, 0.1) is 0 Å². The molecule has 4 nitrogen and oxygen atoms in total. The number of hydrogen-bond acceptors (Lipinski definition) is 3. The van der Waals surface area contributed by atoms with Crippen LogP contribution in [0.3, 0.4) is 0 Å². The van der Waals surface area contributed by atoms with Crippen LogP contribution in [0.2, 0.25) is 5.02 Å². The van der Waals surface area contributed by atoms with Crippen molar-refractivity contribution >= 4 is 23.3 Å². The average molecular weight is 524 g/mol. The summed E-state index contributed by atoms with van der Waals surface area (Å²) in [6.45, 7) is 0. The number of aliphatic carboxylic acids is 1. The minimum atomic E-state index is -1.02. The fraction of sp³-hybridized carbons (Fsp3) is 0.242. The van der Waals surface area contributed by atoms with Gasteiger partial charge in [-0.05, 0) is 97.2 Å². The fourth-order valence-electron chi connectivity index (χ4n) is 6.59. The van der Waals surface area contributed by atoms with E-state index in [-0.39, 0.29) is 11.3 Å². The first-order valence-corrected chi connectivity index (χ1v) is 13.5. The van der Waals surface area contributed by atoms with Crippen LogP contribution in [-0.4, -0.2) is 16.6 Å². The molecule has 1 fully saturated rings. The average Bonchev–Trinajstić information content (AvgIpc) is 3.25. The summed E-state index contributed by atoms with van der Waals surface area (Å²) in [4.78, 5) is 12.6. The number of rotatable bonds is 6. The van der Waals surface area contributed by atoms with Gasteiger partial charge in [-0.15, -0.1) is 0 Å². The summed E-state index contributed by atoms with van der Waals surface area (Å²) >= 11 is 6.19. The Morgan fingerprint density at radius 2 is 1.50 bits per heavy atom. The van der Waals surface area contributed by atoms with Crippen LogP contribution in [0.15, 0.2) is 103 Å². The third kappa shape index (κ3) is 4.43. The summed E-state index contributed by atoms with van der Waals surface area (Å²) in [6, 6.07) is 34.3. The van der Waals surface area contributed by atoms with Gasteiger partial charge in [-0.2, -0.15) is 0 Å². The Morgan fingerprint density at radius 1 is 0.816 bits per heavy atom. The number of carboxylic acids is 1. The van der Waals surface area contributed by atoms with Crippen molar-refractivity contribution in [3.8, 4) is 11.5 Å². The zero-order valence-corrected chi connectivity index (χ0v) is 21.8. The monoisotopic (exact) mass is 523 g/mol. The predicted molar refractivity (Wildman–Crippen MR) is 151 cm³/mol. The topological polar surface area (TPSA) is 58.6 Å². The lowest BCUT2D eigenvalue weighted by molar-refractivity contribution is -0.144. The molecule has 2 N–H and O–H groups in total. The predicted octanol–water partition coefficient (Wildman–Crippen LogP) is 8.22. The Morgan fingerprint density at radius 3 is 2.21 bits per heavy atom. The molecular weight excluding hydrogens is 494 g/mol. The largest absolute Gasteiger partial charge is 0.480 e. The normalized spacial score (nSPS) is 24.1. The van der Waals surface area contributed by atoms with Crippen molar-refractivity contribution in [1.29, 1.82) is 0 Å². The van der Waals surface area contributed by atoms with Gasteiger partial charge < -0.3 is 15.2 Å². The fourth-order valence-corrected chi connectivity index (χ4v) is 6.78. The lowest BCUT2D eigenvalue weighted by Gasteiger charge is -2.47. The summed E-state index contributed by atoms with van der Waals surface area (Å²) in [5.74, 6) is 1.10. The lowest BCUT2D eigenvalue weighted by atomic mass is 9.59. The van der Waals surface area contributed by atoms with Crippen LogP contribution in [-0.2, 0) is 16.6 Å². The quantitative estimate of drug-likeness (QED) is 0.267. The number of anilines is 1. The molecule has 0 heterocycles. The molecule has 1 spiro atoms. The van der Waals surface area contributed by atoms with Crippen LogP contribution >= 0.6 is 11.6 Å². The third-order valence-corrected chi connectivity index (χ3v) is 8.75.